The van der Waals surface area contributed by atoms with Crippen molar-refractivity contribution in [3.63, 3.8) is 0 Å². The normalized spacial score (nSPS) is 11.2. The maximum absolute atomic E-state index is 13.5. The van der Waals surface area contributed by atoms with Gasteiger partial charge in [0.15, 0.2) is 0 Å². The number of halogens is 1. The molecule has 0 atom stereocenters. The fourth-order valence-electron chi connectivity index (χ4n) is 3.06. The van der Waals surface area contributed by atoms with E-state index in [-0.39, 0.29) is 11.4 Å². The van der Waals surface area contributed by atoms with E-state index in [9.17, 15) is 13.2 Å². The minimum Gasteiger partial charge on any atom is -0.323 e. The number of nitrogens with zero attached hydrogens (tertiary/aromatic N) is 1. The first-order valence-electron chi connectivity index (χ1n) is 9.51. The highest BCUT2D eigenvalue weighted by molar-refractivity contribution is 7.98. The molecule has 0 aromatic heterocycles. The number of aryl methyl sites for hydroxylation is 2. The molecule has 3 rings (SSSR count). The number of hydrogen-bond donors (Lipinski definition) is 1. The molecule has 0 fully saturated rings. The molecule has 5 nitrogen and oxygen atoms in total. The Balaban J connectivity index is 2.01. The molecule has 3 aromatic rings. The van der Waals surface area contributed by atoms with Crippen LogP contribution >= 0.6 is 23.4 Å². The number of carbonyl (C=O) groups excluding carboxylic acids is 1. The van der Waals surface area contributed by atoms with Crippen molar-refractivity contribution in [3.8, 4) is 0 Å². The Labute approximate surface area is 192 Å². The SMILES string of the molecule is CSc1ccccc1NC(=O)CN(c1cc(Cl)ccc1C)S(=O)(=O)c1ccc(C)cc1. The zero-order chi connectivity index (χ0) is 22.6. The lowest BCUT2D eigenvalue weighted by Gasteiger charge is -2.26. The predicted molar refractivity (Wildman–Crippen MR) is 129 cm³/mol. The minimum absolute atomic E-state index is 0.106. The number of nitrogens with one attached hydrogen (secondary N) is 1. The third-order valence-corrected chi connectivity index (χ3v) is 7.52. The Morgan fingerprint density at radius 1 is 1.03 bits per heavy atom. The van der Waals surface area contributed by atoms with Crippen LogP contribution in [-0.2, 0) is 14.8 Å². The Kier molecular flexibility index (Phi) is 7.30. The van der Waals surface area contributed by atoms with E-state index in [1.807, 2.05) is 31.4 Å². The molecule has 1 amide bonds. The summed E-state index contributed by atoms with van der Waals surface area (Å²) in [5.74, 6) is -0.448. The van der Waals surface area contributed by atoms with Crippen LogP contribution in [-0.4, -0.2) is 27.1 Å². The van der Waals surface area contributed by atoms with Gasteiger partial charge in [0.2, 0.25) is 5.91 Å². The number of rotatable bonds is 7. The van der Waals surface area contributed by atoms with Crippen LogP contribution in [0.4, 0.5) is 11.4 Å². The number of sulfonamides is 1. The number of para-hydroxylation sites is 1. The molecule has 0 bridgehead atoms. The molecule has 0 aliphatic heterocycles. The maximum Gasteiger partial charge on any atom is 0.264 e. The van der Waals surface area contributed by atoms with Gasteiger partial charge in [0.05, 0.1) is 16.3 Å². The minimum atomic E-state index is -4.00. The summed E-state index contributed by atoms with van der Waals surface area (Å²) in [6.45, 7) is 3.27. The topological polar surface area (TPSA) is 66.5 Å². The highest BCUT2D eigenvalue weighted by Crippen LogP contribution is 2.30. The number of anilines is 2. The van der Waals surface area contributed by atoms with Crippen molar-refractivity contribution < 1.29 is 13.2 Å². The quantitative estimate of drug-likeness (QED) is 0.458. The monoisotopic (exact) mass is 474 g/mol. The fourth-order valence-corrected chi connectivity index (χ4v) is 5.25. The van der Waals surface area contributed by atoms with Crippen LogP contribution in [0, 0.1) is 13.8 Å². The molecule has 0 radical (unpaired) electrons. The van der Waals surface area contributed by atoms with E-state index in [0.29, 0.717) is 22.0 Å². The van der Waals surface area contributed by atoms with E-state index in [1.54, 1.807) is 55.5 Å². The Hall–Kier alpha value is -2.48. The summed E-state index contributed by atoms with van der Waals surface area (Å²) in [7, 11) is -4.00. The van der Waals surface area contributed by atoms with Gasteiger partial charge in [0.25, 0.3) is 10.0 Å². The molecule has 3 aromatic carbocycles. The molecule has 0 saturated carbocycles. The van der Waals surface area contributed by atoms with Crippen molar-refractivity contribution in [1.29, 1.82) is 0 Å². The first-order chi connectivity index (χ1) is 14.7. The Bertz CT molecular complexity index is 1200. The van der Waals surface area contributed by atoms with Gasteiger partial charge in [0.1, 0.15) is 6.54 Å². The molecule has 31 heavy (non-hydrogen) atoms. The van der Waals surface area contributed by atoms with Crippen molar-refractivity contribution in [2.75, 3.05) is 22.4 Å². The molecule has 162 valence electrons. The molecule has 0 unspecified atom stereocenters. The third-order valence-electron chi connectivity index (χ3n) is 4.72. The summed E-state index contributed by atoms with van der Waals surface area (Å²) in [6.07, 6.45) is 1.91. The summed E-state index contributed by atoms with van der Waals surface area (Å²) in [5, 5.41) is 3.22. The lowest BCUT2D eigenvalue weighted by atomic mass is 10.2. The van der Waals surface area contributed by atoms with Gasteiger partial charge in [-0.1, -0.05) is 47.5 Å². The van der Waals surface area contributed by atoms with Gasteiger partial charge in [0, 0.05) is 9.92 Å². The van der Waals surface area contributed by atoms with E-state index in [0.717, 1.165) is 14.8 Å². The highest BCUT2D eigenvalue weighted by atomic mass is 35.5. The van der Waals surface area contributed by atoms with Crippen LogP contribution in [0.2, 0.25) is 5.02 Å². The Morgan fingerprint density at radius 3 is 2.39 bits per heavy atom. The van der Waals surface area contributed by atoms with Crippen LogP contribution in [0.5, 0.6) is 0 Å². The smallest absolute Gasteiger partial charge is 0.264 e. The molecular formula is C23H23ClN2O3S2. The predicted octanol–water partition coefficient (Wildman–Crippen LogP) is 5.51. The second kappa shape index (κ2) is 9.77. The summed E-state index contributed by atoms with van der Waals surface area (Å²) < 4.78 is 28.1. The second-order valence-corrected chi connectivity index (χ2v) is 10.2. The maximum atomic E-state index is 13.5. The molecule has 0 heterocycles. The Morgan fingerprint density at radius 2 is 1.71 bits per heavy atom. The molecule has 0 aliphatic rings. The van der Waals surface area contributed by atoms with Crippen LogP contribution in [0.25, 0.3) is 0 Å². The van der Waals surface area contributed by atoms with E-state index in [1.165, 1.54) is 11.8 Å². The second-order valence-electron chi connectivity index (χ2n) is 7.00. The molecule has 0 spiro atoms. The van der Waals surface area contributed by atoms with Gasteiger partial charge in [-0.25, -0.2) is 8.42 Å². The average Bonchev–Trinajstić information content (AvgIpc) is 2.74. The molecule has 0 saturated heterocycles. The summed E-state index contributed by atoms with van der Waals surface area (Å²) >= 11 is 7.66. The third kappa shape index (κ3) is 5.42. The number of carbonyl (C=O) groups is 1. The van der Waals surface area contributed by atoms with Gasteiger partial charge in [-0.05, 0) is 62.1 Å². The number of thioether (sulfide) groups is 1. The molecule has 8 heteroatoms. The lowest BCUT2D eigenvalue weighted by Crippen LogP contribution is -2.38. The van der Waals surface area contributed by atoms with Crippen molar-refractivity contribution in [3.05, 3.63) is 82.9 Å². The van der Waals surface area contributed by atoms with Crippen molar-refractivity contribution in [2.45, 2.75) is 23.6 Å². The van der Waals surface area contributed by atoms with E-state index in [4.69, 9.17) is 11.6 Å². The zero-order valence-corrected chi connectivity index (χ0v) is 19.8. The summed E-state index contributed by atoms with van der Waals surface area (Å²) in [6, 6.07) is 18.9. The van der Waals surface area contributed by atoms with Crippen LogP contribution in [0.3, 0.4) is 0 Å². The van der Waals surface area contributed by atoms with Crippen LogP contribution in [0.1, 0.15) is 11.1 Å². The van der Waals surface area contributed by atoms with E-state index in [2.05, 4.69) is 5.32 Å². The van der Waals surface area contributed by atoms with E-state index >= 15 is 0 Å². The first kappa shape index (κ1) is 23.2. The standard InChI is InChI=1S/C23H23ClN2O3S2/c1-16-8-12-19(13-9-16)31(28,29)26(21-14-18(24)11-10-17(21)2)15-23(27)25-20-6-4-5-7-22(20)30-3/h4-14H,15H2,1-3H3,(H,25,27). The number of amides is 1. The van der Waals surface area contributed by atoms with Gasteiger partial charge in [-0.15, -0.1) is 11.8 Å². The zero-order valence-electron chi connectivity index (χ0n) is 17.4. The average molecular weight is 475 g/mol. The summed E-state index contributed by atoms with van der Waals surface area (Å²) in [4.78, 5) is 13.9. The lowest BCUT2D eigenvalue weighted by molar-refractivity contribution is -0.114. The van der Waals surface area contributed by atoms with Crippen LogP contribution < -0.4 is 9.62 Å². The number of hydrogen-bond acceptors (Lipinski definition) is 4. The van der Waals surface area contributed by atoms with Gasteiger partial charge in [-0.2, -0.15) is 0 Å². The highest BCUT2D eigenvalue weighted by Gasteiger charge is 2.28. The van der Waals surface area contributed by atoms with Crippen molar-refractivity contribution >= 4 is 50.7 Å². The molecule has 1 N–H and O–H groups in total. The fraction of sp³-hybridized carbons (Fsp3) is 0.174. The van der Waals surface area contributed by atoms with Crippen molar-refractivity contribution in [2.24, 2.45) is 0 Å². The van der Waals surface area contributed by atoms with Crippen LogP contribution in [0.15, 0.2) is 76.5 Å². The molecular weight excluding hydrogens is 452 g/mol. The van der Waals surface area contributed by atoms with Gasteiger partial charge in [-0.3, -0.25) is 9.10 Å². The molecule has 0 aliphatic carbocycles. The van der Waals surface area contributed by atoms with Gasteiger partial charge >= 0.3 is 0 Å². The largest absolute Gasteiger partial charge is 0.323 e. The first-order valence-corrected chi connectivity index (χ1v) is 12.5. The van der Waals surface area contributed by atoms with Crippen molar-refractivity contribution in [1.82, 2.24) is 0 Å². The number of benzene rings is 3. The van der Waals surface area contributed by atoms with Gasteiger partial charge < -0.3 is 5.32 Å². The summed E-state index contributed by atoms with van der Waals surface area (Å²) in [5.41, 5.74) is 2.63. The van der Waals surface area contributed by atoms with E-state index < -0.39 is 15.9 Å².